The summed E-state index contributed by atoms with van der Waals surface area (Å²) in [7, 11) is 3.12. The molecule has 4 N–H and O–H groups in total. The Morgan fingerprint density at radius 3 is 1.38 bits per heavy atom. The minimum Gasteiger partial charge on any atom is -0.481 e. The Hall–Kier alpha value is -6.62. The number of aromatic nitrogens is 4. The lowest BCUT2D eigenvalue weighted by molar-refractivity contribution is 0.0963. The molecule has 8 rings (SSSR count). The molecular weight excluding hydrogens is 747 g/mol. The van der Waals surface area contributed by atoms with Crippen LogP contribution in [0.25, 0.3) is 21.8 Å². The smallest absolute Gasteiger partial charge is 0.214 e. The molecule has 0 saturated carbocycles. The van der Waals surface area contributed by atoms with E-state index in [1.165, 1.54) is 0 Å². The SMILES string of the molecule is COc1cc(NC(C(=O)c2c[nH]c3cc(Cl)ccc23)c2ccccc2)ccn1.COc1cc(NC(C(=O)c2c[nH]c3cc(Cl)ccc23)c2ccccc2)ccn1. The molecule has 4 aromatic heterocycles. The van der Waals surface area contributed by atoms with Crippen molar-refractivity contribution < 1.29 is 19.1 Å². The van der Waals surface area contributed by atoms with Gasteiger partial charge in [-0.2, -0.15) is 0 Å². The fourth-order valence-corrected chi connectivity index (χ4v) is 6.71. The highest BCUT2D eigenvalue weighted by Gasteiger charge is 2.26. The first-order valence-electron chi connectivity index (χ1n) is 17.6. The lowest BCUT2D eigenvalue weighted by Crippen LogP contribution is -2.21. The Kier molecular flexibility index (Phi) is 11.6. The molecule has 0 amide bonds. The number of hydrogen-bond donors (Lipinski definition) is 4. The zero-order valence-electron chi connectivity index (χ0n) is 30.3. The van der Waals surface area contributed by atoms with Crippen LogP contribution < -0.4 is 20.1 Å². The molecular formula is C44H36Cl2N6O4. The molecule has 4 aromatic carbocycles. The summed E-state index contributed by atoms with van der Waals surface area (Å²) in [6, 6.07) is 36.2. The van der Waals surface area contributed by atoms with Crippen LogP contribution in [-0.4, -0.2) is 45.7 Å². The average molecular weight is 784 g/mol. The minimum absolute atomic E-state index is 0.0458. The van der Waals surface area contributed by atoms with Crippen molar-refractivity contribution in [2.45, 2.75) is 12.1 Å². The first-order valence-corrected chi connectivity index (χ1v) is 18.3. The van der Waals surface area contributed by atoms with Crippen LogP contribution in [0.4, 0.5) is 11.4 Å². The second-order valence-electron chi connectivity index (χ2n) is 12.7. The van der Waals surface area contributed by atoms with Crippen LogP contribution in [0, 0.1) is 0 Å². The monoisotopic (exact) mass is 782 g/mol. The number of rotatable bonds is 12. The van der Waals surface area contributed by atoms with Crippen molar-refractivity contribution in [2.75, 3.05) is 24.9 Å². The lowest BCUT2D eigenvalue weighted by atomic mass is 9.96. The molecule has 4 heterocycles. The number of halogens is 2. The Bertz CT molecular complexity index is 2430. The quantitative estimate of drug-likeness (QED) is 0.0900. The van der Waals surface area contributed by atoms with E-state index in [2.05, 4.69) is 30.6 Å². The summed E-state index contributed by atoms with van der Waals surface area (Å²) in [5.74, 6) is 0.864. The molecule has 8 aromatic rings. The maximum absolute atomic E-state index is 13.5. The standard InChI is InChI=1S/2C22H18ClN3O2/c2*1-28-20-12-16(9-10-24-20)26-21(14-5-3-2-4-6-14)22(27)18-13-25-19-11-15(23)7-8-17(18)19/h2*2-13,21,25H,1H3,(H,24,26). The van der Waals surface area contributed by atoms with Crippen LogP contribution in [0.1, 0.15) is 43.9 Å². The molecule has 2 unspecified atom stereocenters. The zero-order valence-corrected chi connectivity index (χ0v) is 31.8. The van der Waals surface area contributed by atoms with Gasteiger partial charge in [0.2, 0.25) is 11.8 Å². The van der Waals surface area contributed by atoms with E-state index in [9.17, 15) is 9.59 Å². The van der Waals surface area contributed by atoms with Crippen molar-refractivity contribution >= 4 is 67.9 Å². The maximum Gasteiger partial charge on any atom is 0.214 e. The van der Waals surface area contributed by atoms with E-state index < -0.39 is 12.1 Å². The van der Waals surface area contributed by atoms with E-state index in [0.717, 1.165) is 44.3 Å². The van der Waals surface area contributed by atoms with Gasteiger partial charge in [-0.25, -0.2) is 9.97 Å². The number of aromatic amines is 2. The van der Waals surface area contributed by atoms with Crippen molar-refractivity contribution in [3.63, 3.8) is 0 Å². The number of fused-ring (bicyclic) bond motifs is 2. The van der Waals surface area contributed by atoms with Crippen LogP contribution in [0.15, 0.2) is 146 Å². The molecule has 10 nitrogen and oxygen atoms in total. The van der Waals surface area contributed by atoms with Gasteiger partial charge in [-0.1, -0.05) is 96.0 Å². The normalized spacial score (nSPS) is 11.9. The number of nitrogens with one attached hydrogen (secondary N) is 4. The van der Waals surface area contributed by atoms with Crippen molar-refractivity contribution in [2.24, 2.45) is 0 Å². The van der Waals surface area contributed by atoms with Crippen LogP contribution in [0.2, 0.25) is 10.0 Å². The Morgan fingerprint density at radius 2 is 0.982 bits per heavy atom. The van der Waals surface area contributed by atoms with E-state index in [4.69, 9.17) is 32.7 Å². The Balaban J connectivity index is 0.000000172. The number of carbonyl (C=O) groups is 2. The molecule has 0 aliphatic heterocycles. The predicted octanol–water partition coefficient (Wildman–Crippen LogP) is 10.5. The van der Waals surface area contributed by atoms with Gasteiger partial charge in [0.05, 0.1) is 14.2 Å². The van der Waals surface area contributed by atoms with Gasteiger partial charge in [0.25, 0.3) is 0 Å². The first kappa shape index (κ1) is 37.7. The minimum atomic E-state index is -0.567. The number of carbonyl (C=O) groups excluding carboxylic acids is 2. The summed E-state index contributed by atoms with van der Waals surface area (Å²) in [5.41, 5.74) is 6.09. The molecule has 2 atom stereocenters. The molecule has 0 spiro atoms. The number of H-pyrrole nitrogens is 2. The third kappa shape index (κ3) is 8.52. The molecule has 56 heavy (non-hydrogen) atoms. The number of ketones is 2. The van der Waals surface area contributed by atoms with E-state index in [1.54, 1.807) is 75.4 Å². The Labute approximate surface area is 332 Å². The zero-order chi connectivity index (χ0) is 39.0. The summed E-state index contributed by atoms with van der Waals surface area (Å²) in [6.07, 6.45) is 6.74. The van der Waals surface area contributed by atoms with Gasteiger partial charge < -0.3 is 30.1 Å². The van der Waals surface area contributed by atoms with Crippen molar-refractivity contribution in [3.05, 3.63) is 178 Å². The van der Waals surface area contributed by atoms with Crippen molar-refractivity contribution in [1.82, 2.24) is 19.9 Å². The molecule has 0 fully saturated rings. The highest BCUT2D eigenvalue weighted by Crippen LogP contribution is 2.31. The predicted molar refractivity (Wildman–Crippen MR) is 222 cm³/mol. The summed E-state index contributed by atoms with van der Waals surface area (Å²) >= 11 is 12.1. The number of ether oxygens (including phenoxy) is 2. The molecule has 0 bridgehead atoms. The third-order valence-electron chi connectivity index (χ3n) is 9.12. The number of benzene rings is 4. The number of methoxy groups -OCH3 is 2. The summed E-state index contributed by atoms with van der Waals surface area (Å²) in [5, 5.41) is 9.56. The van der Waals surface area contributed by atoms with Gasteiger partial charge in [0.15, 0.2) is 11.6 Å². The molecule has 0 aliphatic rings. The topological polar surface area (TPSA) is 134 Å². The molecule has 0 saturated heterocycles. The highest BCUT2D eigenvalue weighted by atomic mass is 35.5. The second-order valence-corrected chi connectivity index (χ2v) is 13.5. The molecule has 0 aliphatic carbocycles. The van der Waals surface area contributed by atoms with E-state index in [-0.39, 0.29) is 11.6 Å². The molecule has 12 heteroatoms. The van der Waals surface area contributed by atoms with Gasteiger partial charge in [-0.15, -0.1) is 0 Å². The number of Topliss-reactive ketones (excluding diaryl/α,β-unsaturated/α-hetero) is 2. The fourth-order valence-electron chi connectivity index (χ4n) is 6.36. The lowest BCUT2D eigenvalue weighted by Gasteiger charge is -2.19. The summed E-state index contributed by atoms with van der Waals surface area (Å²) in [4.78, 5) is 41.5. The van der Waals surface area contributed by atoms with Gasteiger partial charge in [0.1, 0.15) is 12.1 Å². The van der Waals surface area contributed by atoms with Crippen molar-refractivity contribution in [3.8, 4) is 11.8 Å². The number of nitrogens with zero attached hydrogens (tertiary/aromatic N) is 2. The third-order valence-corrected chi connectivity index (χ3v) is 9.59. The van der Waals surface area contributed by atoms with Crippen LogP contribution in [-0.2, 0) is 0 Å². The van der Waals surface area contributed by atoms with Gasteiger partial charge in [-0.3, -0.25) is 9.59 Å². The molecule has 0 radical (unpaired) electrons. The fraction of sp³-hybridized carbons (Fsp3) is 0.0909. The first-order chi connectivity index (χ1) is 27.3. The number of anilines is 2. The Morgan fingerprint density at radius 1 is 0.571 bits per heavy atom. The summed E-state index contributed by atoms with van der Waals surface area (Å²) < 4.78 is 10.4. The highest BCUT2D eigenvalue weighted by molar-refractivity contribution is 6.32. The average Bonchev–Trinajstić information content (AvgIpc) is 3.86. The van der Waals surface area contributed by atoms with Crippen LogP contribution in [0.5, 0.6) is 11.8 Å². The summed E-state index contributed by atoms with van der Waals surface area (Å²) in [6.45, 7) is 0. The maximum atomic E-state index is 13.5. The van der Waals surface area contributed by atoms with Gasteiger partial charge >= 0.3 is 0 Å². The van der Waals surface area contributed by atoms with E-state index in [0.29, 0.717) is 32.9 Å². The van der Waals surface area contributed by atoms with E-state index >= 15 is 0 Å². The van der Waals surface area contributed by atoms with Crippen molar-refractivity contribution in [1.29, 1.82) is 0 Å². The second kappa shape index (κ2) is 17.2. The van der Waals surface area contributed by atoms with Gasteiger partial charge in [0, 0.05) is 91.3 Å². The van der Waals surface area contributed by atoms with Crippen LogP contribution >= 0.6 is 23.2 Å². The number of hydrogen-bond acceptors (Lipinski definition) is 8. The molecule has 280 valence electrons. The number of pyridine rings is 2. The van der Waals surface area contributed by atoms with Crippen LogP contribution in [0.3, 0.4) is 0 Å². The largest absolute Gasteiger partial charge is 0.481 e. The van der Waals surface area contributed by atoms with Gasteiger partial charge in [-0.05, 0) is 47.5 Å². The van der Waals surface area contributed by atoms with E-state index in [1.807, 2.05) is 84.9 Å².